The zero-order valence-corrected chi connectivity index (χ0v) is 10.3. The summed E-state index contributed by atoms with van der Waals surface area (Å²) >= 11 is 0. The SMILES string of the molecule is CC(C)(CCO)N1C(=O)[C@H]2CC=CC[C@H]2C1=O. The second-order valence-electron chi connectivity index (χ2n) is 5.45. The lowest BCUT2D eigenvalue weighted by Gasteiger charge is -2.33. The monoisotopic (exact) mass is 237 g/mol. The smallest absolute Gasteiger partial charge is 0.233 e. The summed E-state index contributed by atoms with van der Waals surface area (Å²) in [6.45, 7) is 3.66. The Balaban J connectivity index is 2.26. The van der Waals surface area contributed by atoms with Crippen molar-refractivity contribution in [3.05, 3.63) is 12.2 Å². The fraction of sp³-hybridized carbons (Fsp3) is 0.692. The van der Waals surface area contributed by atoms with E-state index in [1.54, 1.807) is 0 Å². The van der Waals surface area contributed by atoms with E-state index in [0.717, 1.165) is 0 Å². The average Bonchev–Trinajstić information content (AvgIpc) is 2.53. The molecule has 0 radical (unpaired) electrons. The van der Waals surface area contributed by atoms with Crippen LogP contribution in [0.4, 0.5) is 0 Å². The highest BCUT2D eigenvalue weighted by Gasteiger charge is 2.51. The number of hydrogen-bond donors (Lipinski definition) is 1. The van der Waals surface area contributed by atoms with Crippen LogP contribution in [0, 0.1) is 11.8 Å². The largest absolute Gasteiger partial charge is 0.396 e. The summed E-state index contributed by atoms with van der Waals surface area (Å²) in [7, 11) is 0. The number of carbonyl (C=O) groups excluding carboxylic acids is 2. The Morgan fingerprint density at radius 1 is 1.24 bits per heavy atom. The molecule has 0 spiro atoms. The fourth-order valence-electron chi connectivity index (χ4n) is 2.78. The molecule has 94 valence electrons. The Labute approximate surface area is 101 Å². The third-order valence-corrected chi connectivity index (χ3v) is 3.84. The third kappa shape index (κ3) is 1.90. The molecular weight excluding hydrogens is 218 g/mol. The van der Waals surface area contributed by atoms with E-state index in [4.69, 9.17) is 5.11 Å². The first-order valence-electron chi connectivity index (χ1n) is 6.13. The lowest BCUT2D eigenvalue weighted by atomic mass is 9.85. The molecule has 4 nitrogen and oxygen atoms in total. The van der Waals surface area contributed by atoms with Crippen molar-refractivity contribution in [1.82, 2.24) is 4.90 Å². The second-order valence-corrected chi connectivity index (χ2v) is 5.45. The minimum atomic E-state index is -0.583. The number of amides is 2. The van der Waals surface area contributed by atoms with Gasteiger partial charge in [0.05, 0.1) is 11.8 Å². The molecule has 2 aliphatic rings. The quantitative estimate of drug-likeness (QED) is 0.590. The first kappa shape index (κ1) is 12.3. The van der Waals surface area contributed by atoms with Crippen LogP contribution >= 0.6 is 0 Å². The van der Waals surface area contributed by atoms with Crippen molar-refractivity contribution in [2.75, 3.05) is 6.61 Å². The maximum absolute atomic E-state index is 12.3. The van der Waals surface area contributed by atoms with E-state index in [2.05, 4.69) is 0 Å². The first-order chi connectivity index (χ1) is 7.99. The predicted molar refractivity (Wildman–Crippen MR) is 63.0 cm³/mol. The molecule has 2 atom stereocenters. The zero-order valence-electron chi connectivity index (χ0n) is 10.3. The Morgan fingerprint density at radius 3 is 2.12 bits per heavy atom. The summed E-state index contributed by atoms with van der Waals surface area (Å²) in [5.74, 6) is -0.485. The Kier molecular flexibility index (Phi) is 3.08. The molecule has 0 aromatic carbocycles. The molecule has 0 unspecified atom stereocenters. The molecule has 2 rings (SSSR count). The van der Waals surface area contributed by atoms with Gasteiger partial charge in [0.15, 0.2) is 0 Å². The number of aliphatic hydroxyl groups is 1. The number of nitrogens with zero attached hydrogens (tertiary/aromatic N) is 1. The molecule has 1 aliphatic carbocycles. The minimum absolute atomic E-state index is 0.0162. The topological polar surface area (TPSA) is 57.6 Å². The third-order valence-electron chi connectivity index (χ3n) is 3.84. The van der Waals surface area contributed by atoms with E-state index in [1.165, 1.54) is 4.90 Å². The van der Waals surface area contributed by atoms with E-state index in [9.17, 15) is 9.59 Å². The van der Waals surface area contributed by atoms with Gasteiger partial charge in [-0.15, -0.1) is 0 Å². The van der Waals surface area contributed by atoms with Crippen molar-refractivity contribution in [3.63, 3.8) is 0 Å². The lowest BCUT2D eigenvalue weighted by molar-refractivity contribution is -0.146. The van der Waals surface area contributed by atoms with Gasteiger partial charge in [0.1, 0.15) is 0 Å². The van der Waals surface area contributed by atoms with E-state index in [1.807, 2.05) is 26.0 Å². The van der Waals surface area contributed by atoms with Crippen LogP contribution in [0.15, 0.2) is 12.2 Å². The molecule has 0 saturated carbocycles. The number of likely N-dealkylation sites (tertiary alicyclic amines) is 1. The van der Waals surface area contributed by atoms with Crippen LogP contribution in [0.2, 0.25) is 0 Å². The van der Waals surface area contributed by atoms with E-state index in [-0.39, 0.29) is 30.3 Å². The maximum atomic E-state index is 12.3. The van der Waals surface area contributed by atoms with E-state index < -0.39 is 5.54 Å². The molecule has 1 aliphatic heterocycles. The average molecular weight is 237 g/mol. The van der Waals surface area contributed by atoms with Crippen molar-refractivity contribution in [1.29, 1.82) is 0 Å². The van der Waals surface area contributed by atoms with Gasteiger partial charge in [-0.05, 0) is 33.1 Å². The van der Waals surface area contributed by atoms with Gasteiger partial charge in [-0.1, -0.05) is 12.2 Å². The highest BCUT2D eigenvalue weighted by atomic mass is 16.3. The van der Waals surface area contributed by atoms with Crippen molar-refractivity contribution in [3.8, 4) is 0 Å². The normalized spacial score (nSPS) is 28.8. The Hall–Kier alpha value is -1.16. The molecule has 1 heterocycles. The van der Waals surface area contributed by atoms with Crippen molar-refractivity contribution in [2.24, 2.45) is 11.8 Å². The fourth-order valence-corrected chi connectivity index (χ4v) is 2.78. The molecule has 0 bridgehead atoms. The number of hydrogen-bond acceptors (Lipinski definition) is 3. The predicted octanol–water partition coefficient (Wildman–Crippen LogP) is 1.10. The number of allylic oxidation sites excluding steroid dienone is 2. The Morgan fingerprint density at radius 2 is 1.71 bits per heavy atom. The summed E-state index contributed by atoms with van der Waals surface area (Å²) in [6.07, 6.45) is 5.73. The van der Waals surface area contributed by atoms with Gasteiger partial charge in [-0.3, -0.25) is 14.5 Å². The number of fused-ring (bicyclic) bond motifs is 1. The molecule has 0 aromatic rings. The van der Waals surface area contributed by atoms with Gasteiger partial charge < -0.3 is 5.11 Å². The highest BCUT2D eigenvalue weighted by molar-refractivity contribution is 6.06. The number of rotatable bonds is 3. The summed E-state index contributed by atoms with van der Waals surface area (Å²) in [4.78, 5) is 25.9. The number of aliphatic hydroxyl groups excluding tert-OH is 1. The molecule has 1 saturated heterocycles. The van der Waals surface area contributed by atoms with Crippen LogP contribution in [-0.2, 0) is 9.59 Å². The zero-order chi connectivity index (χ0) is 12.6. The molecule has 1 N–H and O–H groups in total. The summed E-state index contributed by atoms with van der Waals surface area (Å²) in [5.41, 5.74) is -0.583. The Bertz CT molecular complexity index is 347. The number of carbonyl (C=O) groups is 2. The molecule has 1 fully saturated rings. The van der Waals surface area contributed by atoms with Crippen LogP contribution in [0.5, 0.6) is 0 Å². The first-order valence-corrected chi connectivity index (χ1v) is 6.13. The van der Waals surface area contributed by atoms with Crippen LogP contribution in [-0.4, -0.2) is 34.0 Å². The van der Waals surface area contributed by atoms with Gasteiger partial charge >= 0.3 is 0 Å². The summed E-state index contributed by atoms with van der Waals surface area (Å²) < 4.78 is 0. The van der Waals surface area contributed by atoms with E-state index in [0.29, 0.717) is 19.3 Å². The van der Waals surface area contributed by atoms with Crippen LogP contribution in [0.25, 0.3) is 0 Å². The van der Waals surface area contributed by atoms with Crippen molar-refractivity contribution in [2.45, 2.75) is 38.6 Å². The highest BCUT2D eigenvalue weighted by Crippen LogP contribution is 2.39. The summed E-state index contributed by atoms with van der Waals surface area (Å²) in [5, 5.41) is 9.03. The molecule has 4 heteroatoms. The van der Waals surface area contributed by atoms with Crippen LogP contribution in [0.1, 0.15) is 33.1 Å². The maximum Gasteiger partial charge on any atom is 0.233 e. The summed E-state index contributed by atoms with van der Waals surface area (Å²) in [6, 6.07) is 0. The van der Waals surface area contributed by atoms with E-state index >= 15 is 0 Å². The van der Waals surface area contributed by atoms with Gasteiger partial charge in [-0.2, -0.15) is 0 Å². The molecular formula is C13H19NO3. The standard InChI is InChI=1S/C13H19NO3/c1-13(2,7-8-15)14-11(16)9-5-3-4-6-10(9)12(14)17/h3-4,9-10,15H,5-8H2,1-2H3/t9-,10+. The minimum Gasteiger partial charge on any atom is -0.396 e. The molecule has 17 heavy (non-hydrogen) atoms. The van der Waals surface area contributed by atoms with Crippen LogP contribution < -0.4 is 0 Å². The lowest BCUT2D eigenvalue weighted by Crippen LogP contribution is -2.48. The van der Waals surface area contributed by atoms with Crippen molar-refractivity contribution >= 4 is 11.8 Å². The van der Waals surface area contributed by atoms with Crippen molar-refractivity contribution < 1.29 is 14.7 Å². The van der Waals surface area contributed by atoms with Gasteiger partial charge in [0.2, 0.25) is 11.8 Å². The van der Waals surface area contributed by atoms with Gasteiger partial charge in [-0.25, -0.2) is 0 Å². The van der Waals surface area contributed by atoms with Gasteiger partial charge in [0, 0.05) is 12.1 Å². The molecule has 0 aromatic heterocycles. The second kappa shape index (κ2) is 4.26. The van der Waals surface area contributed by atoms with Crippen LogP contribution in [0.3, 0.4) is 0 Å². The molecule has 2 amide bonds. The van der Waals surface area contributed by atoms with Gasteiger partial charge in [0.25, 0.3) is 0 Å². The number of imide groups is 1.